The molecule has 1 aromatic carbocycles. The molecular formula is C13H16N4. The van der Waals surface area contributed by atoms with E-state index in [1.165, 1.54) is 0 Å². The molecule has 4 nitrogen and oxygen atoms in total. The third-order valence-electron chi connectivity index (χ3n) is 2.73. The van der Waals surface area contributed by atoms with Gasteiger partial charge in [-0.3, -0.25) is 0 Å². The second kappa shape index (κ2) is 5.46. The molecule has 2 aromatic rings. The van der Waals surface area contributed by atoms with E-state index < -0.39 is 0 Å². The Morgan fingerprint density at radius 2 is 2.24 bits per heavy atom. The summed E-state index contributed by atoms with van der Waals surface area (Å²) >= 11 is 0. The molecule has 17 heavy (non-hydrogen) atoms. The van der Waals surface area contributed by atoms with Crippen molar-refractivity contribution >= 4 is 11.0 Å². The Morgan fingerprint density at radius 3 is 3.00 bits per heavy atom. The molecule has 0 radical (unpaired) electrons. The molecule has 0 saturated heterocycles. The van der Waals surface area contributed by atoms with Crippen LogP contribution in [0.25, 0.3) is 11.0 Å². The van der Waals surface area contributed by atoms with Crippen LogP contribution >= 0.6 is 0 Å². The molecule has 4 heteroatoms. The number of benzene rings is 1. The summed E-state index contributed by atoms with van der Waals surface area (Å²) in [5.74, 6) is 0.853. The predicted molar refractivity (Wildman–Crippen MR) is 67.6 cm³/mol. The van der Waals surface area contributed by atoms with Gasteiger partial charge in [0.15, 0.2) is 0 Å². The fourth-order valence-corrected chi connectivity index (χ4v) is 1.95. The molecule has 1 N–H and O–H groups in total. The number of aromatic nitrogens is 2. The summed E-state index contributed by atoms with van der Waals surface area (Å²) in [4.78, 5) is 4.49. The second-order valence-corrected chi connectivity index (χ2v) is 3.86. The van der Waals surface area contributed by atoms with Gasteiger partial charge in [0, 0.05) is 13.1 Å². The molecule has 0 amide bonds. The Morgan fingerprint density at radius 1 is 1.41 bits per heavy atom. The monoisotopic (exact) mass is 228 g/mol. The number of likely N-dealkylation sites (N-methyl/N-ethyl adjacent to an activating group) is 1. The first-order valence-electron chi connectivity index (χ1n) is 5.88. The normalized spacial score (nSPS) is 10.6. The van der Waals surface area contributed by atoms with E-state index in [9.17, 15) is 0 Å². The number of nitrogens with zero attached hydrogens (tertiary/aromatic N) is 3. The number of nitriles is 1. The van der Waals surface area contributed by atoms with Gasteiger partial charge in [-0.05, 0) is 18.7 Å². The van der Waals surface area contributed by atoms with Crippen LogP contribution in [0.3, 0.4) is 0 Å². The molecule has 0 atom stereocenters. The van der Waals surface area contributed by atoms with Crippen molar-refractivity contribution in [1.29, 1.82) is 5.26 Å². The number of imidazole rings is 1. The van der Waals surface area contributed by atoms with Crippen molar-refractivity contribution in [1.82, 2.24) is 14.9 Å². The minimum absolute atomic E-state index is 0.362. The zero-order chi connectivity index (χ0) is 12.1. The summed E-state index contributed by atoms with van der Waals surface area (Å²) in [6.07, 6.45) is 0.362. The quantitative estimate of drug-likeness (QED) is 0.793. The Hall–Kier alpha value is -1.86. The number of fused-ring (bicyclic) bond motifs is 1. The van der Waals surface area contributed by atoms with E-state index in [0.29, 0.717) is 6.42 Å². The van der Waals surface area contributed by atoms with Crippen molar-refractivity contribution in [3.63, 3.8) is 0 Å². The zero-order valence-corrected chi connectivity index (χ0v) is 9.98. The second-order valence-electron chi connectivity index (χ2n) is 3.86. The van der Waals surface area contributed by atoms with Crippen molar-refractivity contribution in [2.75, 3.05) is 13.1 Å². The van der Waals surface area contributed by atoms with E-state index in [1.807, 2.05) is 18.2 Å². The largest absolute Gasteiger partial charge is 0.326 e. The van der Waals surface area contributed by atoms with Gasteiger partial charge >= 0.3 is 0 Å². The van der Waals surface area contributed by atoms with Crippen LogP contribution in [0.1, 0.15) is 12.7 Å². The van der Waals surface area contributed by atoms with Gasteiger partial charge in [-0.1, -0.05) is 19.1 Å². The summed E-state index contributed by atoms with van der Waals surface area (Å²) in [6, 6.07) is 10.2. The lowest BCUT2D eigenvalue weighted by Crippen LogP contribution is -2.20. The lowest BCUT2D eigenvalue weighted by atomic mass is 10.3. The molecule has 1 heterocycles. The summed E-state index contributed by atoms with van der Waals surface area (Å²) in [6.45, 7) is 4.79. The van der Waals surface area contributed by atoms with Gasteiger partial charge in [-0.15, -0.1) is 0 Å². The van der Waals surface area contributed by atoms with Crippen LogP contribution in [0.5, 0.6) is 0 Å². The SMILES string of the molecule is CCNCCn1c(CC#N)nc2ccccc21. The minimum Gasteiger partial charge on any atom is -0.326 e. The van der Waals surface area contributed by atoms with E-state index in [2.05, 4.69) is 33.9 Å². The van der Waals surface area contributed by atoms with Gasteiger partial charge in [0.25, 0.3) is 0 Å². The lowest BCUT2D eigenvalue weighted by molar-refractivity contribution is 0.609. The maximum absolute atomic E-state index is 8.82. The number of nitrogens with one attached hydrogen (secondary N) is 1. The molecule has 88 valence electrons. The van der Waals surface area contributed by atoms with Crippen molar-refractivity contribution in [3.05, 3.63) is 30.1 Å². The lowest BCUT2D eigenvalue weighted by Gasteiger charge is -2.07. The first kappa shape index (κ1) is 11.6. The molecule has 0 saturated carbocycles. The Balaban J connectivity index is 2.34. The first-order valence-corrected chi connectivity index (χ1v) is 5.88. The molecule has 0 fully saturated rings. The van der Waals surface area contributed by atoms with E-state index >= 15 is 0 Å². The van der Waals surface area contributed by atoms with Crippen molar-refractivity contribution in [3.8, 4) is 6.07 Å². The zero-order valence-electron chi connectivity index (χ0n) is 9.98. The van der Waals surface area contributed by atoms with E-state index in [1.54, 1.807) is 0 Å². The molecule has 2 rings (SSSR count). The number of hydrogen-bond donors (Lipinski definition) is 1. The minimum atomic E-state index is 0.362. The first-order chi connectivity index (χ1) is 8.36. The number of para-hydroxylation sites is 2. The number of hydrogen-bond acceptors (Lipinski definition) is 3. The molecule has 0 bridgehead atoms. The summed E-state index contributed by atoms with van der Waals surface area (Å²) < 4.78 is 2.13. The Labute approximate surface area is 101 Å². The molecule has 0 spiro atoms. The predicted octanol–water partition coefficient (Wildman–Crippen LogP) is 1.71. The van der Waals surface area contributed by atoms with Crippen LogP contribution in [-0.2, 0) is 13.0 Å². The maximum Gasteiger partial charge on any atom is 0.124 e. The summed E-state index contributed by atoms with van der Waals surface area (Å²) in [5.41, 5.74) is 2.07. The van der Waals surface area contributed by atoms with Gasteiger partial charge in [-0.2, -0.15) is 5.26 Å². The van der Waals surface area contributed by atoms with Crippen LogP contribution in [0.4, 0.5) is 0 Å². The maximum atomic E-state index is 8.82. The van der Waals surface area contributed by atoms with Gasteiger partial charge in [-0.25, -0.2) is 4.98 Å². The van der Waals surface area contributed by atoms with Crippen molar-refractivity contribution < 1.29 is 0 Å². The molecular weight excluding hydrogens is 212 g/mol. The smallest absolute Gasteiger partial charge is 0.124 e. The highest BCUT2D eigenvalue weighted by atomic mass is 15.1. The summed E-state index contributed by atoms with van der Waals surface area (Å²) in [5, 5.41) is 12.1. The Bertz CT molecular complexity index is 536. The third-order valence-corrected chi connectivity index (χ3v) is 2.73. The van der Waals surface area contributed by atoms with Crippen LogP contribution in [-0.4, -0.2) is 22.6 Å². The van der Waals surface area contributed by atoms with Crippen LogP contribution < -0.4 is 5.32 Å². The van der Waals surface area contributed by atoms with Crippen LogP contribution in [0.2, 0.25) is 0 Å². The molecule has 0 aliphatic heterocycles. The van der Waals surface area contributed by atoms with E-state index in [-0.39, 0.29) is 0 Å². The summed E-state index contributed by atoms with van der Waals surface area (Å²) in [7, 11) is 0. The highest BCUT2D eigenvalue weighted by molar-refractivity contribution is 5.75. The van der Waals surface area contributed by atoms with E-state index in [0.717, 1.165) is 36.5 Å². The average Bonchev–Trinajstić information content (AvgIpc) is 2.69. The number of rotatable bonds is 5. The van der Waals surface area contributed by atoms with Crippen molar-refractivity contribution in [2.24, 2.45) is 0 Å². The topological polar surface area (TPSA) is 53.6 Å². The highest BCUT2D eigenvalue weighted by Crippen LogP contribution is 2.15. The molecule has 0 aliphatic carbocycles. The Kier molecular flexibility index (Phi) is 3.73. The van der Waals surface area contributed by atoms with Crippen LogP contribution in [0.15, 0.2) is 24.3 Å². The van der Waals surface area contributed by atoms with Crippen molar-refractivity contribution in [2.45, 2.75) is 19.9 Å². The van der Waals surface area contributed by atoms with Gasteiger partial charge in [0.05, 0.1) is 23.5 Å². The third kappa shape index (κ3) is 2.45. The fraction of sp³-hybridized carbons (Fsp3) is 0.385. The van der Waals surface area contributed by atoms with E-state index in [4.69, 9.17) is 5.26 Å². The van der Waals surface area contributed by atoms with Gasteiger partial charge in [0.1, 0.15) is 5.82 Å². The molecule has 1 aromatic heterocycles. The van der Waals surface area contributed by atoms with Gasteiger partial charge in [0.2, 0.25) is 0 Å². The molecule has 0 aliphatic rings. The van der Waals surface area contributed by atoms with Crippen LogP contribution in [0, 0.1) is 11.3 Å². The van der Waals surface area contributed by atoms with Gasteiger partial charge < -0.3 is 9.88 Å². The average molecular weight is 228 g/mol. The fourth-order valence-electron chi connectivity index (χ4n) is 1.95. The standard InChI is InChI=1S/C13H16N4/c1-2-15-9-10-17-12-6-4-3-5-11(12)16-13(17)7-8-14/h3-6,15H,2,7,9-10H2,1H3. The highest BCUT2D eigenvalue weighted by Gasteiger charge is 2.08. The molecule has 0 unspecified atom stereocenters.